The number of carbonyl (C=O) groups is 4. The second kappa shape index (κ2) is 15.6. The van der Waals surface area contributed by atoms with Crippen LogP contribution in [0.1, 0.15) is 70.6 Å². The van der Waals surface area contributed by atoms with E-state index in [-0.39, 0.29) is 37.4 Å². The van der Waals surface area contributed by atoms with Gasteiger partial charge in [0.25, 0.3) is 0 Å². The number of halogens is 1. The lowest BCUT2D eigenvalue weighted by atomic mass is 9.66. The second-order valence-corrected chi connectivity index (χ2v) is 15.7. The smallest absolute Gasteiger partial charge is 0.407 e. The first-order valence-corrected chi connectivity index (χ1v) is 18.0. The number of hydrogen-bond donors (Lipinski definition) is 4. The van der Waals surface area contributed by atoms with Crippen LogP contribution in [0.5, 0.6) is 0 Å². The molecule has 11 nitrogen and oxygen atoms in total. The van der Waals surface area contributed by atoms with Crippen molar-refractivity contribution >= 4 is 35.6 Å². The Morgan fingerprint density at radius 2 is 1.54 bits per heavy atom. The highest BCUT2D eigenvalue weighted by molar-refractivity contribution is 6.30. The van der Waals surface area contributed by atoms with Crippen molar-refractivity contribution in [3.8, 4) is 11.1 Å². The predicted molar refractivity (Wildman–Crippen MR) is 199 cm³/mol. The molecule has 0 saturated carbocycles. The van der Waals surface area contributed by atoms with Gasteiger partial charge in [0.15, 0.2) is 0 Å². The Bertz CT molecular complexity index is 1750. The number of ether oxygens (including phenoxy) is 2. The summed E-state index contributed by atoms with van der Waals surface area (Å²) in [6.07, 6.45) is -0.426. The monoisotopic (exact) mass is 732 g/mol. The standard InChI is InChI=1S/C40H49ClN4O7/c1-25(2)34(35(47)45-20-19-40(50,38(3,4)24-45)26-15-17-27(41)18-16-26)44-36(48)43-23-39(5,6)52-33(46)21-42-37(49)51-22-32-30-13-9-7-11-28(30)29-12-8-10-14-31(29)32/h7-18,25,32,34,50H,19-24H2,1-6H3,(H,42,49)(H2,43,44,48)/t34-,40+/m1/s1. The van der Waals surface area contributed by atoms with Crippen LogP contribution in [-0.4, -0.2) is 78.4 Å². The summed E-state index contributed by atoms with van der Waals surface area (Å²) in [5.41, 5.74) is 2.14. The quantitative estimate of drug-likeness (QED) is 0.178. The highest BCUT2D eigenvalue weighted by atomic mass is 35.5. The van der Waals surface area contributed by atoms with Gasteiger partial charge in [0.05, 0.1) is 12.1 Å². The van der Waals surface area contributed by atoms with Crippen molar-refractivity contribution in [2.45, 2.75) is 71.1 Å². The summed E-state index contributed by atoms with van der Waals surface area (Å²) in [4.78, 5) is 53.6. The maximum atomic E-state index is 13.7. The van der Waals surface area contributed by atoms with Gasteiger partial charge in [-0.3, -0.25) is 9.59 Å². The van der Waals surface area contributed by atoms with Crippen molar-refractivity contribution in [3.63, 3.8) is 0 Å². The fraction of sp³-hybridized carbons (Fsp3) is 0.450. The van der Waals surface area contributed by atoms with Crippen LogP contribution < -0.4 is 16.0 Å². The molecule has 0 spiro atoms. The number of nitrogens with one attached hydrogen (secondary N) is 3. The lowest BCUT2D eigenvalue weighted by molar-refractivity contribution is -0.155. The molecule has 4 N–H and O–H groups in total. The molecule has 278 valence electrons. The molecule has 1 saturated heterocycles. The third-order valence-electron chi connectivity index (χ3n) is 10.1. The fourth-order valence-corrected chi connectivity index (χ4v) is 7.27. The number of likely N-dealkylation sites (tertiary alicyclic amines) is 1. The average molecular weight is 733 g/mol. The van der Waals surface area contributed by atoms with Gasteiger partial charge in [0.2, 0.25) is 5.91 Å². The minimum Gasteiger partial charge on any atom is -0.456 e. The summed E-state index contributed by atoms with van der Waals surface area (Å²) in [5, 5.41) is 20.2. The SMILES string of the molecule is CC(C)[C@@H](NC(=O)NCC(C)(C)OC(=O)CNC(=O)OCC1c2ccccc2-c2ccccc21)C(=O)N1CC[C@](O)(c2ccc(Cl)cc2)C(C)(C)C1. The van der Waals surface area contributed by atoms with Gasteiger partial charge >= 0.3 is 18.1 Å². The van der Waals surface area contributed by atoms with Crippen LogP contribution in [0.4, 0.5) is 9.59 Å². The Morgan fingerprint density at radius 3 is 2.12 bits per heavy atom. The summed E-state index contributed by atoms with van der Waals surface area (Å²) in [6, 6.07) is 21.7. The number of carbonyl (C=O) groups excluding carboxylic acids is 4. The van der Waals surface area contributed by atoms with Crippen molar-refractivity contribution in [2.75, 3.05) is 32.8 Å². The summed E-state index contributed by atoms with van der Waals surface area (Å²) in [6.45, 7) is 11.0. The van der Waals surface area contributed by atoms with Gasteiger partial charge in [0.1, 0.15) is 24.8 Å². The fourth-order valence-electron chi connectivity index (χ4n) is 7.14. The van der Waals surface area contributed by atoms with E-state index in [1.807, 2.05) is 88.4 Å². The number of urea groups is 1. The average Bonchev–Trinajstić information content (AvgIpc) is 3.42. The Labute approximate surface area is 310 Å². The number of rotatable bonds is 11. The van der Waals surface area contributed by atoms with Gasteiger partial charge in [0, 0.05) is 29.4 Å². The molecule has 1 fully saturated rings. The Balaban J connectivity index is 1.07. The van der Waals surface area contributed by atoms with E-state index in [0.717, 1.165) is 27.8 Å². The zero-order valence-corrected chi connectivity index (χ0v) is 31.4. The van der Waals surface area contributed by atoms with E-state index >= 15 is 0 Å². The molecule has 1 aliphatic carbocycles. The lowest BCUT2D eigenvalue weighted by Gasteiger charge is -2.51. The molecule has 5 rings (SSSR count). The highest BCUT2D eigenvalue weighted by Gasteiger charge is 2.50. The molecule has 3 aromatic carbocycles. The topological polar surface area (TPSA) is 146 Å². The minimum absolute atomic E-state index is 0.0562. The van der Waals surface area contributed by atoms with E-state index < -0.39 is 47.3 Å². The largest absolute Gasteiger partial charge is 0.456 e. The number of nitrogens with zero attached hydrogens (tertiary/aromatic N) is 1. The number of hydrogen-bond acceptors (Lipinski definition) is 7. The van der Waals surface area contributed by atoms with Crippen LogP contribution in [0.15, 0.2) is 72.8 Å². The molecule has 52 heavy (non-hydrogen) atoms. The molecule has 12 heteroatoms. The van der Waals surface area contributed by atoms with E-state index in [9.17, 15) is 24.3 Å². The maximum absolute atomic E-state index is 13.7. The van der Waals surface area contributed by atoms with Crippen LogP contribution >= 0.6 is 11.6 Å². The lowest BCUT2D eigenvalue weighted by Crippen LogP contribution is -2.61. The molecule has 2 aliphatic rings. The summed E-state index contributed by atoms with van der Waals surface area (Å²) in [7, 11) is 0. The van der Waals surface area contributed by atoms with E-state index in [1.54, 1.807) is 30.9 Å². The molecule has 0 unspecified atom stereocenters. The van der Waals surface area contributed by atoms with Crippen molar-refractivity contribution in [2.24, 2.45) is 11.3 Å². The van der Waals surface area contributed by atoms with Gasteiger partial charge in [-0.15, -0.1) is 0 Å². The number of piperidine rings is 1. The zero-order chi connectivity index (χ0) is 37.8. The van der Waals surface area contributed by atoms with E-state index in [1.165, 1.54) is 0 Å². The molecule has 0 radical (unpaired) electrons. The van der Waals surface area contributed by atoms with Crippen LogP contribution in [0.25, 0.3) is 11.1 Å². The minimum atomic E-state index is -1.17. The van der Waals surface area contributed by atoms with E-state index in [4.69, 9.17) is 21.1 Å². The summed E-state index contributed by atoms with van der Waals surface area (Å²) >= 11 is 6.07. The molecular formula is C40H49ClN4O7. The number of alkyl carbamates (subject to hydrolysis) is 1. The van der Waals surface area contributed by atoms with Crippen LogP contribution in [0, 0.1) is 11.3 Å². The van der Waals surface area contributed by atoms with Gasteiger partial charge < -0.3 is 35.4 Å². The van der Waals surface area contributed by atoms with Crippen molar-refractivity contribution in [3.05, 3.63) is 94.5 Å². The normalized spacial score (nSPS) is 18.5. The van der Waals surface area contributed by atoms with Gasteiger partial charge in [-0.05, 0) is 66.1 Å². The highest BCUT2D eigenvalue weighted by Crippen LogP contribution is 2.47. The van der Waals surface area contributed by atoms with Crippen LogP contribution in [0.3, 0.4) is 0 Å². The number of fused-ring (bicyclic) bond motifs is 3. The first kappa shape index (κ1) is 38.6. The molecular weight excluding hydrogens is 684 g/mol. The molecule has 4 amide bonds. The van der Waals surface area contributed by atoms with E-state index in [0.29, 0.717) is 18.0 Å². The van der Waals surface area contributed by atoms with Gasteiger partial charge in [-0.1, -0.05) is 100.0 Å². The van der Waals surface area contributed by atoms with Crippen molar-refractivity contribution < 1.29 is 33.8 Å². The zero-order valence-electron chi connectivity index (χ0n) is 30.6. The molecule has 1 heterocycles. The van der Waals surface area contributed by atoms with E-state index in [2.05, 4.69) is 16.0 Å². The van der Waals surface area contributed by atoms with Gasteiger partial charge in [-0.2, -0.15) is 0 Å². The third kappa shape index (κ3) is 8.53. The first-order valence-electron chi connectivity index (χ1n) is 17.6. The van der Waals surface area contributed by atoms with Crippen LogP contribution in [-0.2, 0) is 24.7 Å². The molecule has 3 aromatic rings. The number of benzene rings is 3. The number of esters is 1. The van der Waals surface area contributed by atoms with Crippen molar-refractivity contribution in [1.82, 2.24) is 20.9 Å². The molecule has 1 aliphatic heterocycles. The number of aliphatic hydroxyl groups is 1. The second-order valence-electron chi connectivity index (χ2n) is 15.2. The molecule has 2 atom stereocenters. The maximum Gasteiger partial charge on any atom is 0.407 e. The molecule has 0 aromatic heterocycles. The summed E-state index contributed by atoms with van der Waals surface area (Å²) < 4.78 is 11.0. The molecule has 0 bridgehead atoms. The Morgan fingerprint density at radius 1 is 0.942 bits per heavy atom. The predicted octanol–water partition coefficient (Wildman–Crippen LogP) is 5.97. The Hall–Kier alpha value is -4.61. The van der Waals surface area contributed by atoms with Gasteiger partial charge in [-0.25, -0.2) is 9.59 Å². The summed E-state index contributed by atoms with van der Waals surface area (Å²) in [5.74, 6) is -1.30. The Kier molecular flexibility index (Phi) is 11.6. The van der Waals surface area contributed by atoms with Crippen LogP contribution in [0.2, 0.25) is 5.02 Å². The van der Waals surface area contributed by atoms with Crippen molar-refractivity contribution in [1.29, 1.82) is 0 Å². The first-order chi connectivity index (χ1) is 24.5. The third-order valence-corrected chi connectivity index (χ3v) is 10.3. The number of amides is 4.